The molecular formula is C33H57N3O4. The van der Waals surface area contributed by atoms with Gasteiger partial charge in [-0.3, -0.25) is 9.59 Å². The Labute approximate surface area is 244 Å². The van der Waals surface area contributed by atoms with E-state index >= 15 is 0 Å². The minimum absolute atomic E-state index is 0.0239. The fraction of sp³-hybridized carbons (Fsp3) is 0.727. The number of aryl methyl sites for hydroxylation is 1. The predicted octanol–water partition coefficient (Wildman–Crippen LogP) is 7.19. The van der Waals surface area contributed by atoms with Crippen LogP contribution in [-0.4, -0.2) is 46.5 Å². The Morgan fingerprint density at radius 3 is 1.93 bits per heavy atom. The molecule has 7 heteroatoms. The molecule has 1 rings (SSSR count). The van der Waals surface area contributed by atoms with Crippen LogP contribution < -0.4 is 10.6 Å². The summed E-state index contributed by atoms with van der Waals surface area (Å²) < 4.78 is 5.52. The van der Waals surface area contributed by atoms with Gasteiger partial charge in [0.05, 0.1) is 0 Å². The normalized spacial score (nSPS) is 14.8. The highest BCUT2D eigenvalue weighted by Gasteiger charge is 2.39. The van der Waals surface area contributed by atoms with E-state index in [1.54, 1.807) is 25.7 Å². The topological polar surface area (TPSA) is 87.7 Å². The summed E-state index contributed by atoms with van der Waals surface area (Å²) in [5, 5.41) is 6.02. The molecule has 1 aromatic rings. The Bertz CT molecular complexity index is 921. The number of hydrogen-bond acceptors (Lipinski definition) is 4. The number of nitrogens with one attached hydrogen (secondary N) is 2. The fourth-order valence-electron chi connectivity index (χ4n) is 4.84. The summed E-state index contributed by atoms with van der Waals surface area (Å²) >= 11 is 0. The molecule has 0 radical (unpaired) electrons. The zero-order valence-electron chi connectivity index (χ0n) is 27.1. The minimum Gasteiger partial charge on any atom is -0.444 e. The molecule has 0 aromatic heterocycles. The van der Waals surface area contributed by atoms with Crippen LogP contribution in [0.15, 0.2) is 24.3 Å². The molecule has 0 fully saturated rings. The number of nitrogens with zero attached hydrogens (tertiary/aromatic N) is 1. The highest BCUT2D eigenvalue weighted by atomic mass is 16.6. The molecule has 7 nitrogen and oxygen atoms in total. The van der Waals surface area contributed by atoms with Gasteiger partial charge in [-0.25, -0.2) is 4.79 Å². The summed E-state index contributed by atoms with van der Waals surface area (Å²) in [5.41, 5.74) is 1.24. The van der Waals surface area contributed by atoms with Crippen LogP contribution in [0.2, 0.25) is 0 Å². The third-order valence-corrected chi connectivity index (χ3v) is 6.93. The van der Waals surface area contributed by atoms with Gasteiger partial charge < -0.3 is 20.3 Å². The van der Waals surface area contributed by atoms with E-state index in [0.29, 0.717) is 12.3 Å². The second-order valence-electron chi connectivity index (χ2n) is 13.1. The lowest BCUT2D eigenvalue weighted by Gasteiger charge is -2.39. The summed E-state index contributed by atoms with van der Waals surface area (Å²) in [6, 6.07) is 6.07. The van der Waals surface area contributed by atoms with Crippen molar-refractivity contribution in [2.24, 2.45) is 11.8 Å². The lowest BCUT2D eigenvalue weighted by Crippen LogP contribution is -2.56. The van der Waals surface area contributed by atoms with Gasteiger partial charge in [-0.1, -0.05) is 72.2 Å². The van der Waals surface area contributed by atoms with Gasteiger partial charge in [0.25, 0.3) is 0 Å². The molecule has 0 saturated heterocycles. The van der Waals surface area contributed by atoms with Crippen LogP contribution in [0.3, 0.4) is 0 Å². The van der Waals surface area contributed by atoms with Crippen LogP contribution in [0.25, 0.3) is 0 Å². The van der Waals surface area contributed by atoms with Crippen molar-refractivity contribution < 1.29 is 19.1 Å². The number of carbonyl (C=O) groups excluding carboxylic acids is 3. The molecule has 4 atom stereocenters. The van der Waals surface area contributed by atoms with Gasteiger partial charge in [-0.15, -0.1) is 0 Å². The van der Waals surface area contributed by atoms with Gasteiger partial charge in [0.2, 0.25) is 11.8 Å². The molecule has 0 aliphatic rings. The van der Waals surface area contributed by atoms with Crippen LogP contribution in [0.4, 0.5) is 4.79 Å². The van der Waals surface area contributed by atoms with Crippen molar-refractivity contribution >= 4 is 17.9 Å². The smallest absolute Gasteiger partial charge is 0.408 e. The second-order valence-corrected chi connectivity index (χ2v) is 13.1. The van der Waals surface area contributed by atoms with Gasteiger partial charge in [0, 0.05) is 12.1 Å². The monoisotopic (exact) mass is 559 g/mol. The standard InChI is InChI=1S/C33H57N3O4/c1-12-14-24(7)34-30(37)29(27-19-17-26(13-2)18-20-27)36(25(8)16-15-22(3)4)31(38)28(21-23(5)6)35-32(39)40-33(9,10)11/h17-20,22-25,28-29H,12-16,21H2,1-11H3,(H,34,37)(H,35,39). The Balaban J connectivity index is 3.65. The Morgan fingerprint density at radius 2 is 1.45 bits per heavy atom. The van der Waals surface area contributed by atoms with E-state index in [1.807, 2.05) is 52.0 Å². The zero-order chi connectivity index (χ0) is 30.6. The molecule has 1 aromatic carbocycles. The maximum absolute atomic E-state index is 14.5. The van der Waals surface area contributed by atoms with Gasteiger partial charge in [-0.05, 0) is 89.7 Å². The van der Waals surface area contributed by atoms with Crippen LogP contribution in [0, 0.1) is 11.8 Å². The third kappa shape index (κ3) is 12.3. The molecule has 228 valence electrons. The first kappa shape index (κ1) is 35.5. The summed E-state index contributed by atoms with van der Waals surface area (Å²) in [5.74, 6) is 0.123. The van der Waals surface area contributed by atoms with E-state index in [2.05, 4.69) is 38.3 Å². The molecule has 0 saturated carbocycles. The van der Waals surface area contributed by atoms with Crippen molar-refractivity contribution in [1.82, 2.24) is 15.5 Å². The molecule has 0 bridgehead atoms. The average molecular weight is 560 g/mol. The van der Waals surface area contributed by atoms with Crippen LogP contribution in [0.1, 0.15) is 125 Å². The minimum atomic E-state index is -0.824. The maximum Gasteiger partial charge on any atom is 0.408 e. The quantitative estimate of drug-likeness (QED) is 0.238. The molecule has 0 heterocycles. The summed E-state index contributed by atoms with van der Waals surface area (Å²) in [7, 11) is 0. The first-order chi connectivity index (χ1) is 18.6. The first-order valence-corrected chi connectivity index (χ1v) is 15.3. The maximum atomic E-state index is 14.5. The van der Waals surface area contributed by atoms with Gasteiger partial charge >= 0.3 is 6.09 Å². The SMILES string of the molecule is CCCC(C)NC(=O)C(c1ccc(CC)cc1)N(C(=O)C(CC(C)C)NC(=O)OC(C)(C)C)C(C)CCC(C)C. The lowest BCUT2D eigenvalue weighted by atomic mass is 9.94. The van der Waals surface area contributed by atoms with E-state index in [-0.39, 0.29) is 29.8 Å². The van der Waals surface area contributed by atoms with Crippen molar-refractivity contribution in [3.05, 3.63) is 35.4 Å². The van der Waals surface area contributed by atoms with Crippen molar-refractivity contribution in [3.8, 4) is 0 Å². The Kier molecular flexibility index (Phi) is 14.7. The number of carbonyl (C=O) groups is 3. The van der Waals surface area contributed by atoms with E-state index < -0.39 is 23.8 Å². The Hall–Kier alpha value is -2.57. The molecule has 40 heavy (non-hydrogen) atoms. The summed E-state index contributed by atoms with van der Waals surface area (Å²) in [4.78, 5) is 43.1. The largest absolute Gasteiger partial charge is 0.444 e. The molecule has 4 unspecified atom stereocenters. The molecule has 0 spiro atoms. The number of amides is 3. The lowest BCUT2D eigenvalue weighted by molar-refractivity contribution is -0.145. The highest BCUT2D eigenvalue weighted by Crippen LogP contribution is 2.29. The zero-order valence-corrected chi connectivity index (χ0v) is 27.1. The predicted molar refractivity (Wildman–Crippen MR) is 164 cm³/mol. The fourth-order valence-corrected chi connectivity index (χ4v) is 4.84. The Morgan fingerprint density at radius 1 is 0.850 bits per heavy atom. The number of hydrogen-bond donors (Lipinski definition) is 2. The van der Waals surface area contributed by atoms with E-state index in [1.165, 1.54) is 0 Å². The highest BCUT2D eigenvalue weighted by molar-refractivity contribution is 5.92. The van der Waals surface area contributed by atoms with Gasteiger partial charge in [-0.2, -0.15) is 0 Å². The summed E-state index contributed by atoms with van der Waals surface area (Å²) in [6.45, 7) is 21.9. The van der Waals surface area contributed by atoms with Gasteiger partial charge in [0.1, 0.15) is 17.7 Å². The first-order valence-electron chi connectivity index (χ1n) is 15.3. The van der Waals surface area contributed by atoms with Crippen molar-refractivity contribution in [2.75, 3.05) is 0 Å². The van der Waals surface area contributed by atoms with E-state index in [9.17, 15) is 14.4 Å². The molecule has 3 amide bonds. The third-order valence-electron chi connectivity index (χ3n) is 6.93. The molecular weight excluding hydrogens is 502 g/mol. The van der Waals surface area contributed by atoms with Crippen LogP contribution >= 0.6 is 0 Å². The molecule has 0 aliphatic carbocycles. The van der Waals surface area contributed by atoms with Gasteiger partial charge in [0.15, 0.2) is 0 Å². The van der Waals surface area contributed by atoms with Crippen molar-refractivity contribution in [1.29, 1.82) is 0 Å². The number of rotatable bonds is 15. The number of ether oxygens (including phenoxy) is 1. The van der Waals surface area contributed by atoms with E-state index in [0.717, 1.165) is 43.2 Å². The molecule has 0 aliphatic heterocycles. The molecule has 2 N–H and O–H groups in total. The number of benzene rings is 1. The average Bonchev–Trinajstić information content (AvgIpc) is 2.83. The van der Waals surface area contributed by atoms with Crippen molar-refractivity contribution in [2.45, 2.75) is 144 Å². The van der Waals surface area contributed by atoms with Crippen LogP contribution in [0.5, 0.6) is 0 Å². The van der Waals surface area contributed by atoms with E-state index in [4.69, 9.17) is 4.74 Å². The number of alkyl carbamates (subject to hydrolysis) is 1. The van der Waals surface area contributed by atoms with Crippen LogP contribution in [-0.2, 0) is 20.7 Å². The second kappa shape index (κ2) is 16.6. The van der Waals surface area contributed by atoms with Crippen molar-refractivity contribution in [3.63, 3.8) is 0 Å². The summed E-state index contributed by atoms with van der Waals surface area (Å²) in [6.07, 6.45) is 4.13.